The van der Waals surface area contributed by atoms with Crippen molar-refractivity contribution in [2.24, 2.45) is 0 Å². The molecule has 118 valence electrons. The predicted octanol–water partition coefficient (Wildman–Crippen LogP) is 0.133. The van der Waals surface area contributed by atoms with E-state index in [4.69, 9.17) is 4.74 Å². The summed E-state index contributed by atoms with van der Waals surface area (Å²) in [7, 11) is 0. The molecule has 0 saturated heterocycles. The predicted molar refractivity (Wildman–Crippen MR) is 73.0 cm³/mol. The van der Waals surface area contributed by atoms with E-state index in [1.54, 1.807) is 18.5 Å². The summed E-state index contributed by atoms with van der Waals surface area (Å²) >= 11 is 0. The molecule has 0 bridgehead atoms. The lowest BCUT2D eigenvalue weighted by Gasteiger charge is -2.13. The minimum Gasteiger partial charge on any atom is -0.463 e. The first-order valence-corrected chi connectivity index (χ1v) is 6.45. The first-order valence-electron chi connectivity index (χ1n) is 6.45. The van der Waals surface area contributed by atoms with Crippen LogP contribution in [0.4, 0.5) is 5.82 Å². The van der Waals surface area contributed by atoms with Crippen LogP contribution in [0.1, 0.15) is 18.7 Å². The third kappa shape index (κ3) is 3.67. The third-order valence-electron chi connectivity index (χ3n) is 2.95. The number of hydrogen-bond donors (Lipinski definition) is 1. The Hall–Kier alpha value is -2.75. The van der Waals surface area contributed by atoms with Gasteiger partial charge in [0.1, 0.15) is 24.9 Å². The molecule has 0 aliphatic carbocycles. The minimum atomic E-state index is -0.551. The second-order valence-electron chi connectivity index (χ2n) is 4.58. The van der Waals surface area contributed by atoms with Crippen molar-refractivity contribution in [1.29, 1.82) is 0 Å². The SMILES string of the molecule is CC(=O)OCC(CO)n1cc(Cn2cccc2[N+](=O)[O-])nn1. The van der Waals surface area contributed by atoms with E-state index < -0.39 is 16.9 Å². The largest absolute Gasteiger partial charge is 0.463 e. The molecule has 10 heteroatoms. The number of carbonyl (C=O) groups excluding carboxylic acids is 1. The lowest BCUT2D eigenvalue weighted by atomic mass is 10.3. The van der Waals surface area contributed by atoms with Gasteiger partial charge in [-0.3, -0.25) is 4.79 Å². The molecule has 1 atom stereocenters. The summed E-state index contributed by atoms with van der Waals surface area (Å²) < 4.78 is 7.63. The number of nitrogens with zero attached hydrogens (tertiary/aromatic N) is 5. The number of ether oxygens (including phenoxy) is 1. The summed E-state index contributed by atoms with van der Waals surface area (Å²) in [5.41, 5.74) is 0.487. The number of hydrogen-bond acceptors (Lipinski definition) is 7. The molecule has 0 fully saturated rings. The maximum Gasteiger partial charge on any atom is 0.323 e. The molecule has 0 radical (unpaired) electrons. The van der Waals surface area contributed by atoms with Gasteiger partial charge in [0, 0.05) is 13.0 Å². The van der Waals surface area contributed by atoms with Crippen LogP contribution < -0.4 is 0 Å². The summed E-state index contributed by atoms with van der Waals surface area (Å²) in [5, 5.41) is 27.9. The highest BCUT2D eigenvalue weighted by Crippen LogP contribution is 2.14. The zero-order valence-corrected chi connectivity index (χ0v) is 11.8. The number of aromatic nitrogens is 4. The Labute approximate surface area is 125 Å². The van der Waals surface area contributed by atoms with E-state index in [-0.39, 0.29) is 25.6 Å². The van der Waals surface area contributed by atoms with Gasteiger partial charge in [-0.25, -0.2) is 9.25 Å². The topological polar surface area (TPSA) is 125 Å². The van der Waals surface area contributed by atoms with Gasteiger partial charge in [-0.05, 0) is 11.0 Å². The summed E-state index contributed by atoms with van der Waals surface area (Å²) in [6.45, 7) is 1.14. The van der Waals surface area contributed by atoms with Crippen LogP contribution in [0.15, 0.2) is 24.5 Å². The molecule has 0 amide bonds. The smallest absolute Gasteiger partial charge is 0.323 e. The maximum atomic E-state index is 10.8. The highest BCUT2D eigenvalue weighted by molar-refractivity contribution is 5.65. The second-order valence-corrected chi connectivity index (χ2v) is 4.58. The number of aliphatic hydroxyl groups is 1. The van der Waals surface area contributed by atoms with Gasteiger partial charge in [0.15, 0.2) is 0 Å². The molecule has 2 heterocycles. The lowest BCUT2D eigenvalue weighted by Crippen LogP contribution is -2.21. The summed E-state index contributed by atoms with van der Waals surface area (Å²) in [4.78, 5) is 21.2. The van der Waals surface area contributed by atoms with Crippen molar-refractivity contribution in [2.75, 3.05) is 13.2 Å². The molecule has 10 nitrogen and oxygen atoms in total. The Bertz CT molecular complexity index is 664. The van der Waals surface area contributed by atoms with E-state index in [0.717, 1.165) is 0 Å². The van der Waals surface area contributed by atoms with Gasteiger partial charge in [0.2, 0.25) is 0 Å². The fourth-order valence-corrected chi connectivity index (χ4v) is 1.87. The molecule has 0 spiro atoms. The molecule has 2 aromatic heterocycles. The normalized spacial score (nSPS) is 12.1. The van der Waals surface area contributed by atoms with E-state index in [2.05, 4.69) is 10.3 Å². The zero-order valence-electron chi connectivity index (χ0n) is 11.8. The second kappa shape index (κ2) is 6.80. The van der Waals surface area contributed by atoms with E-state index in [0.29, 0.717) is 5.69 Å². The molecule has 0 aliphatic heterocycles. The Morgan fingerprint density at radius 2 is 2.36 bits per heavy atom. The Morgan fingerprint density at radius 3 is 3.00 bits per heavy atom. The highest BCUT2D eigenvalue weighted by atomic mass is 16.6. The molecule has 0 aromatic carbocycles. The summed E-state index contributed by atoms with van der Waals surface area (Å²) in [6, 6.07) is 2.41. The van der Waals surface area contributed by atoms with Gasteiger partial charge in [-0.15, -0.1) is 5.10 Å². The van der Waals surface area contributed by atoms with Gasteiger partial charge in [0.05, 0.1) is 19.0 Å². The van der Waals surface area contributed by atoms with Crippen molar-refractivity contribution in [3.8, 4) is 0 Å². The van der Waals surface area contributed by atoms with Crippen molar-refractivity contribution in [3.63, 3.8) is 0 Å². The molecule has 0 saturated carbocycles. The Balaban J connectivity index is 2.08. The molecular weight excluding hydrogens is 294 g/mol. The molecular formula is C12H15N5O5. The van der Waals surface area contributed by atoms with Crippen molar-refractivity contribution in [1.82, 2.24) is 19.6 Å². The first-order chi connectivity index (χ1) is 10.5. The zero-order chi connectivity index (χ0) is 16.1. The van der Waals surface area contributed by atoms with Crippen LogP contribution in [0.2, 0.25) is 0 Å². The van der Waals surface area contributed by atoms with Gasteiger partial charge >= 0.3 is 11.8 Å². The van der Waals surface area contributed by atoms with Crippen LogP contribution in [0, 0.1) is 10.1 Å². The Kier molecular flexibility index (Phi) is 4.84. The maximum absolute atomic E-state index is 10.8. The minimum absolute atomic E-state index is 0.0295. The molecule has 0 aliphatic rings. The standard InChI is InChI=1S/C12H15N5O5/c1-9(19)22-8-11(7-18)16-6-10(13-14-16)5-15-4-2-3-12(15)17(20)21/h2-4,6,11,18H,5,7-8H2,1H3. The molecule has 1 unspecified atom stereocenters. The van der Waals surface area contributed by atoms with Crippen LogP contribution in [-0.4, -0.2) is 48.8 Å². The van der Waals surface area contributed by atoms with E-state index in [1.807, 2.05) is 0 Å². The van der Waals surface area contributed by atoms with E-state index in [1.165, 1.54) is 22.2 Å². The van der Waals surface area contributed by atoms with Crippen LogP contribution in [0.25, 0.3) is 0 Å². The van der Waals surface area contributed by atoms with E-state index in [9.17, 15) is 20.0 Å². The van der Waals surface area contributed by atoms with Crippen molar-refractivity contribution in [2.45, 2.75) is 19.5 Å². The van der Waals surface area contributed by atoms with Gasteiger partial charge in [-0.1, -0.05) is 5.21 Å². The monoisotopic (exact) mass is 309 g/mol. The quantitative estimate of drug-likeness (QED) is 0.438. The van der Waals surface area contributed by atoms with Crippen LogP contribution in [-0.2, 0) is 16.1 Å². The third-order valence-corrected chi connectivity index (χ3v) is 2.95. The molecule has 2 aromatic rings. The van der Waals surface area contributed by atoms with Gasteiger partial charge < -0.3 is 20.0 Å². The Morgan fingerprint density at radius 1 is 1.59 bits per heavy atom. The average molecular weight is 309 g/mol. The fraction of sp³-hybridized carbons (Fsp3) is 0.417. The summed E-state index contributed by atoms with van der Waals surface area (Å²) in [6.07, 6.45) is 3.12. The highest BCUT2D eigenvalue weighted by Gasteiger charge is 2.17. The molecule has 2 rings (SSSR count). The fourth-order valence-electron chi connectivity index (χ4n) is 1.87. The van der Waals surface area contributed by atoms with Crippen LogP contribution in [0.5, 0.6) is 0 Å². The van der Waals surface area contributed by atoms with Crippen molar-refractivity contribution in [3.05, 3.63) is 40.3 Å². The number of aliphatic hydroxyl groups excluding tert-OH is 1. The number of carbonyl (C=O) groups is 1. The van der Waals surface area contributed by atoms with Crippen molar-refractivity contribution >= 4 is 11.8 Å². The number of esters is 1. The molecule has 1 N–H and O–H groups in total. The van der Waals surface area contributed by atoms with Gasteiger partial charge in [-0.2, -0.15) is 0 Å². The number of rotatable bonds is 7. The molecule has 22 heavy (non-hydrogen) atoms. The van der Waals surface area contributed by atoms with E-state index >= 15 is 0 Å². The van der Waals surface area contributed by atoms with Crippen LogP contribution in [0.3, 0.4) is 0 Å². The lowest BCUT2D eigenvalue weighted by molar-refractivity contribution is -0.391. The van der Waals surface area contributed by atoms with Crippen molar-refractivity contribution < 1.29 is 19.6 Å². The average Bonchev–Trinajstić information content (AvgIpc) is 3.09. The number of nitro groups is 1. The summed E-state index contributed by atoms with van der Waals surface area (Å²) in [5.74, 6) is -0.505. The van der Waals surface area contributed by atoms with Crippen LogP contribution >= 0.6 is 0 Å². The first kappa shape index (κ1) is 15.6. The van der Waals surface area contributed by atoms with Gasteiger partial charge in [0.25, 0.3) is 0 Å².